The molecule has 0 radical (unpaired) electrons. The van der Waals surface area contributed by atoms with Crippen molar-refractivity contribution in [2.45, 2.75) is 19.3 Å². The highest BCUT2D eigenvalue weighted by Crippen LogP contribution is 2.53. The van der Waals surface area contributed by atoms with Crippen LogP contribution in [0.25, 0.3) is 0 Å². The summed E-state index contributed by atoms with van der Waals surface area (Å²) in [7, 11) is 1.46. The summed E-state index contributed by atoms with van der Waals surface area (Å²) in [6.07, 6.45) is 0. The topological polar surface area (TPSA) is 55.6 Å². The predicted molar refractivity (Wildman–Crippen MR) is 93.8 cm³/mol. The molecule has 0 N–H and O–H groups in total. The third kappa shape index (κ3) is 2.43. The fourth-order valence-electron chi connectivity index (χ4n) is 3.24. The number of benzene rings is 2. The van der Waals surface area contributed by atoms with Gasteiger partial charge >= 0.3 is 0 Å². The third-order valence-corrected chi connectivity index (χ3v) is 5.02. The first-order valence-corrected chi connectivity index (χ1v) is 8.14. The number of rotatable bonds is 3. The monoisotopic (exact) mass is 394 g/mol. The van der Waals surface area contributed by atoms with Gasteiger partial charge in [-0.2, -0.15) is 0 Å². The second-order valence-electron chi connectivity index (χ2n) is 6.31. The van der Waals surface area contributed by atoms with Gasteiger partial charge < -0.3 is 9.64 Å². The maximum Gasteiger partial charge on any atom is 0.292 e. The molecule has 0 unspecified atom stereocenters. The van der Waals surface area contributed by atoms with E-state index in [1.807, 2.05) is 18.7 Å². The second-order valence-corrected chi connectivity index (χ2v) is 7.11. The van der Waals surface area contributed by atoms with Crippen molar-refractivity contribution in [3.05, 3.63) is 56.3 Å². The van der Waals surface area contributed by atoms with Crippen LogP contribution in [0.5, 0.6) is 5.75 Å². The van der Waals surface area contributed by atoms with Crippen LogP contribution in [0.2, 0.25) is 0 Å². The molecule has 5 nitrogen and oxygen atoms in total. The molecule has 2 aromatic carbocycles. The zero-order valence-corrected chi connectivity index (χ0v) is 15.1. The van der Waals surface area contributed by atoms with Crippen LogP contribution in [0.1, 0.15) is 19.4 Å². The number of nitro benzene ring substituents is 1. The van der Waals surface area contributed by atoms with Gasteiger partial charge in [0.1, 0.15) is 17.3 Å². The van der Waals surface area contributed by atoms with E-state index in [0.29, 0.717) is 28.1 Å². The first-order valence-electron chi connectivity index (χ1n) is 7.35. The minimum absolute atomic E-state index is 0.00338. The summed E-state index contributed by atoms with van der Waals surface area (Å²) in [5.74, 6) is -0.0579. The Kier molecular flexibility index (Phi) is 3.99. The van der Waals surface area contributed by atoms with Crippen LogP contribution in [0.4, 0.5) is 21.5 Å². The average molecular weight is 395 g/mol. The Hall–Kier alpha value is -2.15. The van der Waals surface area contributed by atoms with Crippen molar-refractivity contribution in [1.29, 1.82) is 0 Å². The van der Waals surface area contributed by atoms with E-state index in [2.05, 4.69) is 15.9 Å². The Morgan fingerprint density at radius 3 is 2.67 bits per heavy atom. The Morgan fingerprint density at radius 2 is 2.04 bits per heavy atom. The van der Waals surface area contributed by atoms with Crippen LogP contribution >= 0.6 is 15.9 Å². The van der Waals surface area contributed by atoms with Gasteiger partial charge in [-0.15, -0.1) is 0 Å². The zero-order valence-electron chi connectivity index (χ0n) is 13.5. The summed E-state index contributed by atoms with van der Waals surface area (Å²) in [6.45, 7) is 4.43. The van der Waals surface area contributed by atoms with Gasteiger partial charge in [0, 0.05) is 29.7 Å². The summed E-state index contributed by atoms with van der Waals surface area (Å²) in [5, 5.41) is 11.4. The molecule has 126 valence electrons. The van der Waals surface area contributed by atoms with Crippen LogP contribution in [-0.2, 0) is 5.41 Å². The number of methoxy groups -OCH3 is 1. The molecule has 0 bridgehead atoms. The summed E-state index contributed by atoms with van der Waals surface area (Å²) in [4.78, 5) is 12.8. The summed E-state index contributed by atoms with van der Waals surface area (Å²) >= 11 is 3.33. The highest BCUT2D eigenvalue weighted by molar-refractivity contribution is 9.10. The lowest BCUT2D eigenvalue weighted by molar-refractivity contribution is -0.384. The van der Waals surface area contributed by atoms with E-state index in [0.717, 1.165) is 5.56 Å². The van der Waals surface area contributed by atoms with E-state index in [9.17, 15) is 14.5 Å². The largest absolute Gasteiger partial charge is 0.494 e. The molecule has 0 amide bonds. The van der Waals surface area contributed by atoms with Crippen molar-refractivity contribution in [2.75, 3.05) is 18.6 Å². The minimum Gasteiger partial charge on any atom is -0.494 e. The van der Waals surface area contributed by atoms with Gasteiger partial charge in [0.25, 0.3) is 5.69 Å². The molecule has 0 fully saturated rings. The number of halogens is 2. The molecular weight excluding hydrogens is 379 g/mol. The number of nitrogens with zero attached hydrogens (tertiary/aromatic N) is 2. The minimum atomic E-state index is -0.414. The van der Waals surface area contributed by atoms with Gasteiger partial charge in [-0.1, -0.05) is 26.0 Å². The van der Waals surface area contributed by atoms with E-state index in [1.54, 1.807) is 18.2 Å². The van der Waals surface area contributed by atoms with Crippen LogP contribution in [-0.4, -0.2) is 18.6 Å². The highest BCUT2D eigenvalue weighted by Gasteiger charge is 2.42. The number of hydrogen-bond acceptors (Lipinski definition) is 4. The Bertz CT molecular complexity index is 839. The van der Waals surface area contributed by atoms with Gasteiger partial charge in [0.15, 0.2) is 0 Å². The molecule has 3 rings (SSSR count). The van der Waals surface area contributed by atoms with E-state index in [4.69, 9.17) is 4.74 Å². The Labute approximate surface area is 147 Å². The van der Waals surface area contributed by atoms with E-state index in [-0.39, 0.29) is 5.69 Å². The number of fused-ring (bicyclic) bond motifs is 1. The molecule has 1 heterocycles. The van der Waals surface area contributed by atoms with Crippen molar-refractivity contribution in [3.63, 3.8) is 0 Å². The zero-order chi connectivity index (χ0) is 17.6. The molecule has 1 aliphatic heterocycles. The smallest absolute Gasteiger partial charge is 0.292 e. The molecule has 0 aliphatic carbocycles. The fourth-order valence-corrected chi connectivity index (χ4v) is 4.08. The molecule has 0 saturated carbocycles. The maximum atomic E-state index is 14.2. The highest BCUT2D eigenvalue weighted by atomic mass is 79.9. The normalized spacial score (nSPS) is 15.3. The van der Waals surface area contributed by atoms with E-state index < -0.39 is 16.2 Å². The molecule has 0 aromatic heterocycles. The van der Waals surface area contributed by atoms with Crippen molar-refractivity contribution in [1.82, 2.24) is 0 Å². The fraction of sp³-hybridized carbons (Fsp3) is 0.294. The quantitative estimate of drug-likeness (QED) is 0.546. The lowest BCUT2D eigenvalue weighted by Gasteiger charge is -2.22. The van der Waals surface area contributed by atoms with Gasteiger partial charge in [0.2, 0.25) is 0 Å². The number of para-hydroxylation sites is 2. The van der Waals surface area contributed by atoms with Crippen molar-refractivity contribution < 1.29 is 14.1 Å². The third-order valence-electron chi connectivity index (χ3n) is 4.25. The second kappa shape index (κ2) is 5.73. The molecular formula is C17H16BrFN2O3. The van der Waals surface area contributed by atoms with Gasteiger partial charge in [0.05, 0.1) is 22.2 Å². The lowest BCUT2D eigenvalue weighted by Crippen LogP contribution is -2.25. The van der Waals surface area contributed by atoms with Gasteiger partial charge in [-0.05, 0) is 22.0 Å². The SMILES string of the molecule is COc1cc(F)c(Br)c2c1N(c1ccccc1[N+](=O)[O-])CC2(C)C. The molecule has 2 aromatic rings. The number of anilines is 2. The molecule has 1 aliphatic rings. The maximum absolute atomic E-state index is 14.2. The number of hydrogen-bond donors (Lipinski definition) is 0. The Balaban J connectivity index is 2.31. The van der Waals surface area contributed by atoms with E-state index in [1.165, 1.54) is 19.2 Å². The summed E-state index contributed by atoms with van der Waals surface area (Å²) < 4.78 is 20.0. The van der Waals surface area contributed by atoms with Gasteiger partial charge in [-0.3, -0.25) is 10.1 Å². The van der Waals surface area contributed by atoms with Crippen molar-refractivity contribution >= 4 is 33.0 Å². The first-order chi connectivity index (χ1) is 11.3. The average Bonchev–Trinajstić information content (AvgIpc) is 2.82. The Morgan fingerprint density at radius 1 is 1.38 bits per heavy atom. The molecule has 0 atom stereocenters. The summed E-state index contributed by atoms with van der Waals surface area (Å²) in [6, 6.07) is 7.83. The number of nitro groups is 1. The standard InChI is InChI=1S/C17H16BrFN2O3/c1-17(2)9-20(11-6-4-5-7-12(11)21(22)23)16-13(24-3)8-10(19)15(18)14(16)17/h4-8H,9H2,1-3H3. The predicted octanol–water partition coefficient (Wildman–Crippen LogP) is 4.93. The molecule has 0 spiro atoms. The van der Waals surface area contributed by atoms with Crippen LogP contribution in [0.3, 0.4) is 0 Å². The molecule has 24 heavy (non-hydrogen) atoms. The number of ether oxygens (including phenoxy) is 1. The van der Waals surface area contributed by atoms with Gasteiger partial charge in [-0.25, -0.2) is 4.39 Å². The first kappa shape index (κ1) is 16.7. The van der Waals surface area contributed by atoms with Crippen LogP contribution < -0.4 is 9.64 Å². The molecule has 0 saturated heterocycles. The lowest BCUT2D eigenvalue weighted by atomic mass is 9.87. The van der Waals surface area contributed by atoms with Crippen LogP contribution in [0.15, 0.2) is 34.8 Å². The van der Waals surface area contributed by atoms with Crippen molar-refractivity contribution in [2.24, 2.45) is 0 Å². The van der Waals surface area contributed by atoms with E-state index >= 15 is 0 Å². The summed E-state index contributed by atoms with van der Waals surface area (Å²) in [5.41, 5.74) is 1.46. The molecule has 7 heteroatoms. The van der Waals surface area contributed by atoms with Crippen molar-refractivity contribution in [3.8, 4) is 5.75 Å². The van der Waals surface area contributed by atoms with Crippen LogP contribution in [0, 0.1) is 15.9 Å².